The smallest absolute Gasteiger partial charge is 0.127 e. The molecule has 0 radical (unpaired) electrons. The number of benzene rings is 1. The van der Waals surface area contributed by atoms with E-state index >= 15 is 0 Å². The van der Waals surface area contributed by atoms with Crippen LogP contribution in [0.5, 0.6) is 5.75 Å². The molecule has 0 spiro atoms. The molecular formula is C18H24BrNO. The summed E-state index contributed by atoms with van der Waals surface area (Å²) >= 11 is 3.70. The van der Waals surface area contributed by atoms with Crippen molar-refractivity contribution in [2.75, 3.05) is 13.2 Å². The van der Waals surface area contributed by atoms with Crippen molar-refractivity contribution in [1.29, 1.82) is 0 Å². The zero-order valence-corrected chi connectivity index (χ0v) is 14.3. The van der Waals surface area contributed by atoms with E-state index in [2.05, 4.69) is 40.3 Å². The number of hydrogen-bond donors (Lipinski definition) is 1. The van der Waals surface area contributed by atoms with Gasteiger partial charge in [0.1, 0.15) is 5.75 Å². The van der Waals surface area contributed by atoms with Crippen LogP contribution in [-0.2, 0) is 6.42 Å². The summed E-state index contributed by atoms with van der Waals surface area (Å²) in [4.78, 5) is 0. The molecule has 2 fully saturated rings. The van der Waals surface area contributed by atoms with Crippen LogP contribution >= 0.6 is 15.9 Å². The van der Waals surface area contributed by atoms with Crippen molar-refractivity contribution >= 4 is 15.9 Å². The molecule has 4 unspecified atom stereocenters. The molecule has 2 aliphatic carbocycles. The lowest BCUT2D eigenvalue weighted by Gasteiger charge is -2.32. The Morgan fingerprint density at radius 2 is 2.24 bits per heavy atom. The maximum Gasteiger partial charge on any atom is 0.127 e. The van der Waals surface area contributed by atoms with Crippen LogP contribution in [0, 0.1) is 17.8 Å². The minimum atomic E-state index is 0.467. The standard InChI is InChI=1S/C18H24BrNO/c1-2-20-17(15-8-11-3-4-12(15)7-11)16-10-14(19)9-13-5-6-21-18(13)16/h9-12,15,17,20H,2-8H2,1H3. The molecular weight excluding hydrogens is 326 g/mol. The summed E-state index contributed by atoms with van der Waals surface area (Å²) in [5.41, 5.74) is 2.78. The van der Waals surface area contributed by atoms with Gasteiger partial charge in [-0.3, -0.25) is 0 Å². The Morgan fingerprint density at radius 1 is 1.33 bits per heavy atom. The van der Waals surface area contributed by atoms with Crippen LogP contribution in [0.2, 0.25) is 0 Å². The summed E-state index contributed by atoms with van der Waals surface area (Å²) in [5, 5.41) is 3.78. The first-order valence-corrected chi connectivity index (χ1v) is 9.24. The third-order valence-electron chi connectivity index (χ3n) is 5.76. The van der Waals surface area contributed by atoms with Gasteiger partial charge < -0.3 is 10.1 Å². The van der Waals surface area contributed by atoms with Crippen molar-refractivity contribution in [3.63, 3.8) is 0 Å². The number of rotatable bonds is 4. The van der Waals surface area contributed by atoms with Gasteiger partial charge in [-0.05, 0) is 61.3 Å². The fourth-order valence-electron chi connectivity index (χ4n) is 4.94. The Labute approximate surface area is 135 Å². The summed E-state index contributed by atoms with van der Waals surface area (Å²) < 4.78 is 7.19. The van der Waals surface area contributed by atoms with Crippen molar-refractivity contribution in [3.05, 3.63) is 27.7 Å². The van der Waals surface area contributed by atoms with E-state index in [1.54, 1.807) is 0 Å². The van der Waals surface area contributed by atoms with E-state index in [1.165, 1.54) is 47.0 Å². The first-order chi connectivity index (χ1) is 10.3. The molecule has 1 aliphatic heterocycles. The van der Waals surface area contributed by atoms with E-state index in [9.17, 15) is 0 Å². The highest BCUT2D eigenvalue weighted by molar-refractivity contribution is 9.10. The van der Waals surface area contributed by atoms with E-state index in [1.807, 2.05) is 0 Å². The first kappa shape index (κ1) is 14.1. The predicted molar refractivity (Wildman–Crippen MR) is 88.7 cm³/mol. The second kappa shape index (κ2) is 5.58. The lowest BCUT2D eigenvalue weighted by Crippen LogP contribution is -2.31. The summed E-state index contributed by atoms with van der Waals surface area (Å²) in [6.45, 7) is 4.09. The van der Waals surface area contributed by atoms with E-state index in [0.717, 1.165) is 37.3 Å². The molecule has 2 bridgehead atoms. The van der Waals surface area contributed by atoms with Gasteiger partial charge >= 0.3 is 0 Å². The minimum Gasteiger partial charge on any atom is -0.493 e. The molecule has 0 saturated heterocycles. The van der Waals surface area contributed by atoms with E-state index in [-0.39, 0.29) is 0 Å². The van der Waals surface area contributed by atoms with Crippen LogP contribution in [0.1, 0.15) is 49.8 Å². The summed E-state index contributed by atoms with van der Waals surface area (Å²) in [7, 11) is 0. The highest BCUT2D eigenvalue weighted by Gasteiger charge is 2.44. The third kappa shape index (κ3) is 2.43. The van der Waals surface area contributed by atoms with Crippen molar-refractivity contribution in [1.82, 2.24) is 5.32 Å². The Balaban J connectivity index is 1.71. The quantitative estimate of drug-likeness (QED) is 0.865. The molecule has 4 atom stereocenters. The molecule has 0 aromatic heterocycles. The van der Waals surface area contributed by atoms with Gasteiger partial charge in [-0.2, -0.15) is 0 Å². The SMILES string of the molecule is CCNC(c1cc(Br)cc2c1OCC2)C1CC2CCC1C2. The predicted octanol–water partition coefficient (Wildman–Crippen LogP) is 4.47. The Bertz CT molecular complexity index is 544. The number of hydrogen-bond acceptors (Lipinski definition) is 2. The molecule has 1 heterocycles. The Hall–Kier alpha value is -0.540. The summed E-state index contributed by atoms with van der Waals surface area (Å²) in [6, 6.07) is 4.99. The van der Waals surface area contributed by atoms with E-state index < -0.39 is 0 Å². The van der Waals surface area contributed by atoms with Gasteiger partial charge in [0.25, 0.3) is 0 Å². The average molecular weight is 350 g/mol. The van der Waals surface area contributed by atoms with Crippen LogP contribution in [0.4, 0.5) is 0 Å². The number of halogens is 1. The summed E-state index contributed by atoms with van der Waals surface area (Å²) in [6.07, 6.45) is 6.83. The van der Waals surface area contributed by atoms with Gasteiger partial charge in [-0.15, -0.1) is 0 Å². The largest absolute Gasteiger partial charge is 0.493 e. The molecule has 0 amide bonds. The van der Waals surface area contributed by atoms with Gasteiger partial charge in [0.2, 0.25) is 0 Å². The third-order valence-corrected chi connectivity index (χ3v) is 6.22. The second-order valence-corrected chi connectivity index (χ2v) is 7.87. The fourth-order valence-corrected chi connectivity index (χ4v) is 5.47. The van der Waals surface area contributed by atoms with Gasteiger partial charge in [-0.1, -0.05) is 29.3 Å². The fraction of sp³-hybridized carbons (Fsp3) is 0.667. The molecule has 1 aromatic carbocycles. The highest BCUT2D eigenvalue weighted by Crippen LogP contribution is 2.54. The zero-order valence-electron chi connectivity index (χ0n) is 12.7. The number of fused-ring (bicyclic) bond motifs is 3. The lowest BCUT2D eigenvalue weighted by atomic mass is 9.80. The topological polar surface area (TPSA) is 21.3 Å². The highest BCUT2D eigenvalue weighted by atomic mass is 79.9. The van der Waals surface area contributed by atoms with Crippen molar-refractivity contribution < 1.29 is 4.74 Å². The molecule has 2 nitrogen and oxygen atoms in total. The molecule has 114 valence electrons. The maximum absolute atomic E-state index is 5.99. The molecule has 1 aromatic rings. The van der Waals surface area contributed by atoms with E-state index in [4.69, 9.17) is 4.74 Å². The van der Waals surface area contributed by atoms with Gasteiger partial charge in [0, 0.05) is 22.5 Å². The number of nitrogens with one attached hydrogen (secondary N) is 1. The van der Waals surface area contributed by atoms with Crippen molar-refractivity contribution in [2.24, 2.45) is 17.8 Å². The van der Waals surface area contributed by atoms with Gasteiger partial charge in [-0.25, -0.2) is 0 Å². The minimum absolute atomic E-state index is 0.467. The molecule has 3 aliphatic rings. The number of ether oxygens (including phenoxy) is 1. The van der Waals surface area contributed by atoms with Crippen molar-refractivity contribution in [3.8, 4) is 5.75 Å². The van der Waals surface area contributed by atoms with E-state index in [0.29, 0.717) is 6.04 Å². The summed E-state index contributed by atoms with van der Waals surface area (Å²) in [5.74, 6) is 3.88. The lowest BCUT2D eigenvalue weighted by molar-refractivity contribution is 0.246. The second-order valence-electron chi connectivity index (χ2n) is 6.96. The normalized spacial score (nSPS) is 31.2. The van der Waals surface area contributed by atoms with Crippen LogP contribution in [0.3, 0.4) is 0 Å². The van der Waals surface area contributed by atoms with Gasteiger partial charge in [0.05, 0.1) is 6.61 Å². The first-order valence-electron chi connectivity index (χ1n) is 8.44. The molecule has 2 saturated carbocycles. The van der Waals surface area contributed by atoms with Gasteiger partial charge in [0.15, 0.2) is 0 Å². The Kier molecular flexibility index (Phi) is 3.74. The zero-order chi connectivity index (χ0) is 14.4. The van der Waals surface area contributed by atoms with Crippen LogP contribution in [-0.4, -0.2) is 13.2 Å². The maximum atomic E-state index is 5.99. The molecule has 1 N–H and O–H groups in total. The molecule has 21 heavy (non-hydrogen) atoms. The van der Waals surface area contributed by atoms with Crippen molar-refractivity contribution in [2.45, 2.75) is 45.1 Å². The van der Waals surface area contributed by atoms with Crippen LogP contribution in [0.15, 0.2) is 16.6 Å². The monoisotopic (exact) mass is 349 g/mol. The molecule has 4 rings (SSSR count). The van der Waals surface area contributed by atoms with Crippen LogP contribution in [0.25, 0.3) is 0 Å². The van der Waals surface area contributed by atoms with Crippen LogP contribution < -0.4 is 10.1 Å². The Morgan fingerprint density at radius 3 is 2.95 bits per heavy atom. The average Bonchev–Trinajstić information content (AvgIpc) is 3.19. The molecule has 3 heteroatoms.